The summed E-state index contributed by atoms with van der Waals surface area (Å²) >= 11 is 0. The van der Waals surface area contributed by atoms with Gasteiger partial charge in [0.2, 0.25) is 0 Å². The van der Waals surface area contributed by atoms with Crippen molar-refractivity contribution in [2.75, 3.05) is 6.61 Å². The summed E-state index contributed by atoms with van der Waals surface area (Å²) in [7, 11) is 0. The predicted molar refractivity (Wildman–Crippen MR) is 86.4 cm³/mol. The molecule has 1 saturated carbocycles. The Labute approximate surface area is 126 Å². The fraction of sp³-hybridized carbons (Fsp3) is 0.474. The van der Waals surface area contributed by atoms with E-state index >= 15 is 0 Å². The van der Waals surface area contributed by atoms with E-state index in [1.54, 1.807) is 0 Å². The normalized spacial score (nSPS) is 23.0. The fourth-order valence-corrected chi connectivity index (χ4v) is 3.43. The van der Waals surface area contributed by atoms with E-state index in [0.717, 1.165) is 32.3 Å². The maximum Gasteiger partial charge on any atom is 0.0583 e. The molecule has 0 saturated heterocycles. The second-order valence-corrected chi connectivity index (χ2v) is 6.15. The van der Waals surface area contributed by atoms with E-state index in [9.17, 15) is 5.11 Å². The van der Waals surface area contributed by atoms with Crippen molar-refractivity contribution < 1.29 is 9.84 Å². The average molecular weight is 284 g/mol. The number of hydrogen-bond acceptors (Lipinski definition) is 2. The van der Waals surface area contributed by atoms with Gasteiger partial charge in [-0.15, -0.1) is 0 Å². The quantitative estimate of drug-likeness (QED) is 0.870. The number of fused-ring (bicyclic) bond motifs is 1. The van der Waals surface area contributed by atoms with Crippen molar-refractivity contribution in [3.05, 3.63) is 48.0 Å². The number of aliphatic hydroxyl groups is 1. The van der Waals surface area contributed by atoms with Gasteiger partial charge in [0, 0.05) is 6.61 Å². The van der Waals surface area contributed by atoms with Crippen LogP contribution in [0.1, 0.15) is 31.7 Å². The van der Waals surface area contributed by atoms with Crippen LogP contribution < -0.4 is 0 Å². The van der Waals surface area contributed by atoms with Crippen LogP contribution >= 0.6 is 0 Å². The van der Waals surface area contributed by atoms with Crippen molar-refractivity contribution in [3.63, 3.8) is 0 Å². The molecule has 112 valence electrons. The number of benzene rings is 2. The van der Waals surface area contributed by atoms with Gasteiger partial charge in [-0.2, -0.15) is 0 Å². The third-order valence-electron chi connectivity index (χ3n) is 4.54. The van der Waals surface area contributed by atoms with Crippen LogP contribution in [0.2, 0.25) is 0 Å². The summed E-state index contributed by atoms with van der Waals surface area (Å²) in [5.74, 6) is 0.631. The first-order chi connectivity index (χ1) is 10.3. The minimum Gasteiger partial charge on any atom is -0.393 e. The highest BCUT2D eigenvalue weighted by Crippen LogP contribution is 2.34. The maximum absolute atomic E-state index is 10.4. The topological polar surface area (TPSA) is 29.5 Å². The van der Waals surface area contributed by atoms with Gasteiger partial charge < -0.3 is 9.84 Å². The van der Waals surface area contributed by atoms with Crippen LogP contribution in [0.5, 0.6) is 0 Å². The Morgan fingerprint density at radius 1 is 1.14 bits per heavy atom. The molecule has 2 aromatic carbocycles. The van der Waals surface area contributed by atoms with Crippen LogP contribution in [0.3, 0.4) is 0 Å². The van der Waals surface area contributed by atoms with Crippen LogP contribution in [0.15, 0.2) is 42.5 Å². The summed E-state index contributed by atoms with van der Waals surface area (Å²) in [6.07, 6.45) is 4.05. The molecule has 2 nitrogen and oxygen atoms in total. The highest BCUT2D eigenvalue weighted by molar-refractivity contribution is 5.85. The molecule has 0 heterocycles. The summed E-state index contributed by atoms with van der Waals surface area (Å²) in [5.41, 5.74) is 1.25. The van der Waals surface area contributed by atoms with Crippen molar-refractivity contribution in [1.29, 1.82) is 0 Å². The lowest BCUT2D eigenvalue weighted by atomic mass is 9.78. The zero-order chi connectivity index (χ0) is 14.7. The molecule has 2 heteroatoms. The summed E-state index contributed by atoms with van der Waals surface area (Å²) in [5, 5.41) is 12.9. The van der Waals surface area contributed by atoms with E-state index in [-0.39, 0.29) is 6.10 Å². The van der Waals surface area contributed by atoms with Gasteiger partial charge in [-0.05, 0) is 54.9 Å². The first-order valence-corrected chi connectivity index (χ1v) is 8.02. The molecule has 0 radical (unpaired) electrons. The Morgan fingerprint density at radius 3 is 2.71 bits per heavy atom. The van der Waals surface area contributed by atoms with E-state index in [2.05, 4.69) is 42.5 Å². The Morgan fingerprint density at radius 2 is 1.90 bits per heavy atom. The summed E-state index contributed by atoms with van der Waals surface area (Å²) in [6, 6.07) is 14.7. The Balaban J connectivity index is 1.58. The third-order valence-corrected chi connectivity index (χ3v) is 4.54. The largest absolute Gasteiger partial charge is 0.393 e. The van der Waals surface area contributed by atoms with Crippen LogP contribution in [0.4, 0.5) is 0 Å². The van der Waals surface area contributed by atoms with E-state index in [1.165, 1.54) is 16.3 Å². The second kappa shape index (κ2) is 6.59. The standard InChI is InChI=1S/C19H24O2/c1-2-21-18-11-14(12-18)10-17(20)13-16-8-5-7-15-6-3-4-9-19(15)16/h3-9,14,17-18,20H,2,10-13H2,1H3. The van der Waals surface area contributed by atoms with Crippen LogP contribution in [0, 0.1) is 5.92 Å². The van der Waals surface area contributed by atoms with Crippen molar-refractivity contribution in [2.24, 2.45) is 5.92 Å². The van der Waals surface area contributed by atoms with Gasteiger partial charge >= 0.3 is 0 Å². The molecule has 1 fully saturated rings. The third kappa shape index (κ3) is 3.45. The van der Waals surface area contributed by atoms with E-state index in [4.69, 9.17) is 4.74 Å². The van der Waals surface area contributed by atoms with Crippen molar-refractivity contribution in [3.8, 4) is 0 Å². The molecular weight excluding hydrogens is 260 g/mol. The molecule has 1 unspecified atom stereocenters. The van der Waals surface area contributed by atoms with Gasteiger partial charge in [0.05, 0.1) is 12.2 Å². The smallest absolute Gasteiger partial charge is 0.0583 e. The molecule has 1 aliphatic carbocycles. The first-order valence-electron chi connectivity index (χ1n) is 8.02. The summed E-state index contributed by atoms with van der Waals surface area (Å²) in [4.78, 5) is 0. The van der Waals surface area contributed by atoms with Gasteiger partial charge in [-0.3, -0.25) is 0 Å². The zero-order valence-corrected chi connectivity index (χ0v) is 12.7. The molecule has 2 aromatic rings. The van der Waals surface area contributed by atoms with Gasteiger partial charge in [-0.25, -0.2) is 0 Å². The van der Waals surface area contributed by atoms with Gasteiger partial charge in [0.1, 0.15) is 0 Å². The minimum absolute atomic E-state index is 0.247. The Hall–Kier alpha value is -1.38. The molecule has 3 rings (SSSR count). The number of hydrogen-bond donors (Lipinski definition) is 1. The summed E-state index contributed by atoms with van der Waals surface area (Å²) < 4.78 is 5.58. The van der Waals surface area contributed by atoms with Gasteiger partial charge in [-0.1, -0.05) is 42.5 Å². The molecule has 1 N–H and O–H groups in total. The highest BCUT2D eigenvalue weighted by Gasteiger charge is 2.30. The van der Waals surface area contributed by atoms with Gasteiger partial charge in [0.15, 0.2) is 0 Å². The zero-order valence-electron chi connectivity index (χ0n) is 12.7. The van der Waals surface area contributed by atoms with Crippen LogP contribution in [0.25, 0.3) is 10.8 Å². The van der Waals surface area contributed by atoms with Crippen molar-refractivity contribution in [1.82, 2.24) is 0 Å². The van der Waals surface area contributed by atoms with Gasteiger partial charge in [0.25, 0.3) is 0 Å². The lowest BCUT2D eigenvalue weighted by Crippen LogP contribution is -2.34. The summed E-state index contributed by atoms with van der Waals surface area (Å²) in [6.45, 7) is 2.85. The minimum atomic E-state index is -0.247. The number of aliphatic hydroxyl groups excluding tert-OH is 1. The molecule has 0 amide bonds. The van der Waals surface area contributed by atoms with Crippen molar-refractivity contribution >= 4 is 10.8 Å². The second-order valence-electron chi connectivity index (χ2n) is 6.15. The molecule has 21 heavy (non-hydrogen) atoms. The lowest BCUT2D eigenvalue weighted by molar-refractivity contribution is -0.0375. The first kappa shape index (κ1) is 14.6. The van der Waals surface area contributed by atoms with E-state index in [1.807, 2.05) is 6.92 Å². The molecule has 0 aromatic heterocycles. The Kier molecular flexibility index (Phi) is 4.57. The molecule has 1 aliphatic rings. The number of ether oxygens (including phenoxy) is 1. The Bertz CT molecular complexity index is 582. The molecule has 1 atom stereocenters. The van der Waals surface area contributed by atoms with Crippen LogP contribution in [-0.4, -0.2) is 23.9 Å². The van der Waals surface area contributed by atoms with Crippen LogP contribution in [-0.2, 0) is 11.2 Å². The SMILES string of the molecule is CCOC1CC(CC(O)Cc2cccc3ccccc23)C1. The van der Waals surface area contributed by atoms with E-state index < -0.39 is 0 Å². The van der Waals surface area contributed by atoms with Crippen molar-refractivity contribution in [2.45, 2.75) is 44.8 Å². The average Bonchev–Trinajstić information content (AvgIpc) is 2.45. The molecule has 0 aliphatic heterocycles. The monoisotopic (exact) mass is 284 g/mol. The predicted octanol–water partition coefficient (Wildman–Crippen LogP) is 3.95. The maximum atomic E-state index is 10.4. The van der Waals surface area contributed by atoms with E-state index in [0.29, 0.717) is 12.0 Å². The lowest BCUT2D eigenvalue weighted by Gasteiger charge is -2.36. The fourth-order valence-electron chi connectivity index (χ4n) is 3.43. The molecular formula is C19H24O2. The number of rotatable bonds is 6. The molecule has 0 bridgehead atoms. The molecule has 0 spiro atoms. The highest BCUT2D eigenvalue weighted by atomic mass is 16.5.